The first-order valence-corrected chi connectivity index (χ1v) is 10.4. The number of carbonyl (C=O) groups is 1. The highest BCUT2D eigenvalue weighted by molar-refractivity contribution is 7.12. The third-order valence-electron chi connectivity index (χ3n) is 5.21. The Kier molecular flexibility index (Phi) is 5.64. The fraction of sp³-hybridized carbons (Fsp3) is 0.333. The maximum Gasteiger partial charge on any atom is 0.268 e. The number of anilines is 1. The predicted octanol–water partition coefficient (Wildman–Crippen LogP) is 3.82. The Bertz CT molecular complexity index is 980. The largest absolute Gasteiger partial charge is 0.497 e. The summed E-state index contributed by atoms with van der Waals surface area (Å²) in [7, 11) is 3.59. The Labute approximate surface area is 173 Å². The topological polar surface area (TPSA) is 50.6 Å². The molecule has 1 aromatic carbocycles. The minimum atomic E-state index is -0.404. The highest BCUT2D eigenvalue weighted by Crippen LogP contribution is 2.28. The van der Waals surface area contributed by atoms with Gasteiger partial charge < -0.3 is 14.5 Å². The molecule has 0 bridgehead atoms. The van der Waals surface area contributed by atoms with Crippen LogP contribution in [0, 0.1) is 5.82 Å². The minimum Gasteiger partial charge on any atom is -0.497 e. The van der Waals surface area contributed by atoms with E-state index in [0.717, 1.165) is 25.9 Å². The molecule has 1 saturated heterocycles. The van der Waals surface area contributed by atoms with Crippen molar-refractivity contribution >= 4 is 22.9 Å². The van der Waals surface area contributed by atoms with Crippen molar-refractivity contribution < 1.29 is 13.9 Å². The molecule has 0 N–H and O–H groups in total. The van der Waals surface area contributed by atoms with Gasteiger partial charge in [-0.3, -0.25) is 4.79 Å². The highest BCUT2D eigenvalue weighted by atomic mass is 32.1. The van der Waals surface area contributed by atoms with Gasteiger partial charge in [0, 0.05) is 18.2 Å². The summed E-state index contributed by atoms with van der Waals surface area (Å²) in [6.45, 7) is 1.88. The lowest BCUT2D eigenvalue weighted by atomic mass is 10.0. The molecule has 0 saturated carbocycles. The number of piperidine rings is 1. The molecule has 1 aliphatic heterocycles. The fourth-order valence-electron chi connectivity index (χ4n) is 3.64. The van der Waals surface area contributed by atoms with Crippen molar-refractivity contribution in [1.82, 2.24) is 14.7 Å². The zero-order valence-electron chi connectivity index (χ0n) is 16.4. The van der Waals surface area contributed by atoms with Gasteiger partial charge in [0.25, 0.3) is 5.91 Å². The van der Waals surface area contributed by atoms with Gasteiger partial charge in [-0.05, 0) is 50.5 Å². The number of rotatable bonds is 5. The zero-order chi connectivity index (χ0) is 20.4. The van der Waals surface area contributed by atoms with Crippen molar-refractivity contribution in [2.45, 2.75) is 18.9 Å². The quantitative estimate of drug-likeness (QED) is 0.637. The number of ether oxygens (including phenoxy) is 1. The van der Waals surface area contributed by atoms with Crippen LogP contribution in [-0.4, -0.2) is 53.9 Å². The molecule has 152 valence electrons. The number of halogens is 1. The Morgan fingerprint density at radius 1 is 1.31 bits per heavy atom. The number of hydrogen-bond donors (Lipinski definition) is 0. The van der Waals surface area contributed by atoms with Crippen LogP contribution in [0.4, 0.5) is 10.1 Å². The van der Waals surface area contributed by atoms with Crippen LogP contribution in [0.2, 0.25) is 0 Å². The maximum absolute atomic E-state index is 13.9. The van der Waals surface area contributed by atoms with Crippen molar-refractivity contribution in [1.29, 1.82) is 0 Å². The Balaban J connectivity index is 1.68. The number of likely N-dealkylation sites (tertiary alicyclic amines) is 1. The number of carbonyl (C=O) groups excluding carboxylic acids is 1. The summed E-state index contributed by atoms with van der Waals surface area (Å²) in [4.78, 5) is 18.1. The van der Waals surface area contributed by atoms with Crippen LogP contribution in [0.25, 0.3) is 5.69 Å². The number of methoxy groups -OCH3 is 1. The average Bonchev–Trinajstić information content (AvgIpc) is 3.41. The summed E-state index contributed by atoms with van der Waals surface area (Å²) in [6.07, 6.45) is 5.23. The van der Waals surface area contributed by atoms with Crippen LogP contribution >= 0.6 is 11.3 Å². The molecule has 0 unspecified atom stereocenters. The lowest BCUT2D eigenvalue weighted by molar-refractivity contribution is 0.0967. The molecule has 1 fully saturated rings. The van der Waals surface area contributed by atoms with E-state index in [-0.39, 0.29) is 11.9 Å². The second-order valence-corrected chi connectivity index (χ2v) is 8.13. The molecule has 0 radical (unpaired) electrons. The molecule has 29 heavy (non-hydrogen) atoms. The molecule has 0 spiro atoms. The van der Waals surface area contributed by atoms with Gasteiger partial charge in [0.15, 0.2) is 0 Å². The molecule has 1 aliphatic rings. The molecular weight excluding hydrogens is 391 g/mol. The van der Waals surface area contributed by atoms with Gasteiger partial charge >= 0.3 is 0 Å². The fourth-order valence-corrected chi connectivity index (χ4v) is 4.30. The molecule has 0 aliphatic carbocycles. The van der Waals surface area contributed by atoms with E-state index in [0.29, 0.717) is 22.0 Å². The molecular formula is C21H23FN4O2S. The van der Waals surface area contributed by atoms with Gasteiger partial charge in [-0.1, -0.05) is 6.07 Å². The Hall–Kier alpha value is -2.71. The molecule has 1 amide bonds. The number of benzene rings is 1. The van der Waals surface area contributed by atoms with Crippen molar-refractivity contribution in [3.05, 3.63) is 58.8 Å². The summed E-state index contributed by atoms with van der Waals surface area (Å²) in [5.41, 5.74) is 1.25. The van der Waals surface area contributed by atoms with Crippen molar-refractivity contribution in [3.8, 4) is 11.4 Å². The lowest BCUT2D eigenvalue weighted by Gasteiger charge is -2.36. The van der Waals surface area contributed by atoms with Crippen molar-refractivity contribution in [3.63, 3.8) is 0 Å². The molecule has 3 heterocycles. The molecule has 2 aromatic heterocycles. The van der Waals surface area contributed by atoms with E-state index >= 15 is 0 Å². The SMILES string of the molecule is COc1cc(F)cc(-n2cc(N(C(=O)c3cccs3)C3CCN(C)CC3)cn2)c1. The first kappa shape index (κ1) is 19.6. The van der Waals surface area contributed by atoms with E-state index in [9.17, 15) is 9.18 Å². The van der Waals surface area contributed by atoms with Crippen LogP contribution in [0.1, 0.15) is 22.5 Å². The second-order valence-electron chi connectivity index (χ2n) is 7.18. The molecule has 4 rings (SSSR count). The summed E-state index contributed by atoms with van der Waals surface area (Å²) in [6, 6.07) is 8.24. The van der Waals surface area contributed by atoms with Gasteiger partial charge in [0.2, 0.25) is 0 Å². The van der Waals surface area contributed by atoms with Gasteiger partial charge in [0.1, 0.15) is 11.6 Å². The van der Waals surface area contributed by atoms with E-state index in [1.807, 2.05) is 22.4 Å². The Morgan fingerprint density at radius 3 is 2.79 bits per heavy atom. The highest BCUT2D eigenvalue weighted by Gasteiger charge is 2.30. The number of aromatic nitrogens is 2. The summed E-state index contributed by atoms with van der Waals surface area (Å²) in [5.74, 6) is -0.0111. The standard InChI is InChI=1S/C21H23FN4O2S/c1-24-7-5-16(6-8-24)26(21(27)20-4-3-9-29-20)18-13-23-25(14-18)17-10-15(22)11-19(12-17)28-2/h3-4,9-14,16H,5-8H2,1-2H3. The number of hydrogen-bond acceptors (Lipinski definition) is 5. The van der Waals surface area contributed by atoms with E-state index in [4.69, 9.17) is 4.74 Å². The summed E-state index contributed by atoms with van der Waals surface area (Å²) >= 11 is 1.43. The van der Waals surface area contributed by atoms with Crippen molar-refractivity contribution in [2.24, 2.45) is 0 Å². The van der Waals surface area contributed by atoms with Crippen LogP contribution in [-0.2, 0) is 0 Å². The second kappa shape index (κ2) is 8.34. The molecule has 0 atom stereocenters. The number of thiophene rings is 1. The third kappa shape index (κ3) is 4.18. The number of nitrogens with zero attached hydrogens (tertiary/aromatic N) is 4. The molecule has 3 aromatic rings. The summed E-state index contributed by atoms with van der Waals surface area (Å²) in [5, 5.41) is 6.30. The van der Waals surface area contributed by atoms with E-state index in [1.165, 1.54) is 30.6 Å². The van der Waals surface area contributed by atoms with E-state index < -0.39 is 5.82 Å². The third-order valence-corrected chi connectivity index (χ3v) is 6.07. The lowest BCUT2D eigenvalue weighted by Crippen LogP contribution is -2.46. The normalized spacial score (nSPS) is 15.4. The van der Waals surface area contributed by atoms with Crippen LogP contribution in [0.3, 0.4) is 0 Å². The summed E-state index contributed by atoms with van der Waals surface area (Å²) < 4.78 is 20.6. The van der Waals surface area contributed by atoms with Crippen LogP contribution < -0.4 is 9.64 Å². The molecule has 6 nitrogen and oxygen atoms in total. The maximum atomic E-state index is 13.9. The van der Waals surface area contributed by atoms with Gasteiger partial charge in [-0.25, -0.2) is 9.07 Å². The van der Waals surface area contributed by atoms with Gasteiger partial charge in [-0.2, -0.15) is 5.10 Å². The van der Waals surface area contributed by atoms with Gasteiger partial charge in [-0.15, -0.1) is 11.3 Å². The van der Waals surface area contributed by atoms with E-state index in [1.54, 1.807) is 23.1 Å². The first-order chi connectivity index (χ1) is 14.0. The Morgan fingerprint density at radius 2 is 2.10 bits per heavy atom. The van der Waals surface area contributed by atoms with Gasteiger partial charge in [0.05, 0.1) is 35.8 Å². The first-order valence-electron chi connectivity index (χ1n) is 9.50. The van der Waals surface area contributed by atoms with Crippen LogP contribution in [0.5, 0.6) is 5.75 Å². The van der Waals surface area contributed by atoms with Crippen LogP contribution in [0.15, 0.2) is 48.1 Å². The zero-order valence-corrected chi connectivity index (χ0v) is 17.2. The smallest absolute Gasteiger partial charge is 0.268 e. The number of amides is 1. The predicted molar refractivity (Wildman–Crippen MR) is 112 cm³/mol. The average molecular weight is 415 g/mol. The van der Waals surface area contributed by atoms with E-state index in [2.05, 4.69) is 17.0 Å². The molecule has 8 heteroatoms. The van der Waals surface area contributed by atoms with Crippen molar-refractivity contribution in [2.75, 3.05) is 32.1 Å². The minimum absolute atomic E-state index is 0.0223. The monoisotopic (exact) mass is 414 g/mol.